The number of rotatable bonds is 4. The second kappa shape index (κ2) is 8.99. The fourth-order valence-corrected chi connectivity index (χ4v) is 3.73. The minimum absolute atomic E-state index is 0.0508. The molecule has 1 aliphatic rings. The van der Waals surface area contributed by atoms with Crippen molar-refractivity contribution >= 4 is 11.7 Å². The van der Waals surface area contributed by atoms with Gasteiger partial charge in [-0.3, -0.25) is 4.79 Å². The monoisotopic (exact) mass is 477 g/mol. The second-order valence-electron chi connectivity index (χ2n) is 8.33. The first kappa shape index (κ1) is 23.6. The van der Waals surface area contributed by atoms with Gasteiger partial charge >= 0.3 is 6.18 Å². The lowest BCUT2D eigenvalue weighted by atomic mass is 10.2. The van der Waals surface area contributed by atoms with Gasteiger partial charge in [0.05, 0.1) is 5.69 Å². The summed E-state index contributed by atoms with van der Waals surface area (Å²) in [6.45, 7) is 7.04. The van der Waals surface area contributed by atoms with E-state index in [1.807, 2.05) is 31.7 Å². The maximum absolute atomic E-state index is 13.9. The van der Waals surface area contributed by atoms with E-state index < -0.39 is 29.3 Å². The van der Waals surface area contributed by atoms with Gasteiger partial charge in [0.2, 0.25) is 0 Å². The molecule has 3 aromatic rings. The van der Waals surface area contributed by atoms with Crippen molar-refractivity contribution in [3.63, 3.8) is 0 Å². The number of piperazine rings is 1. The van der Waals surface area contributed by atoms with Crippen LogP contribution in [0.4, 0.5) is 23.4 Å². The highest BCUT2D eigenvalue weighted by Gasteiger charge is 2.43. The molecule has 8 nitrogen and oxygen atoms in total. The zero-order valence-electron chi connectivity index (χ0n) is 18.8. The fraction of sp³-hybridized carbons (Fsp3) is 0.409. The van der Waals surface area contributed by atoms with E-state index in [1.165, 1.54) is 4.90 Å². The van der Waals surface area contributed by atoms with Gasteiger partial charge in [0.15, 0.2) is 11.4 Å². The summed E-state index contributed by atoms with van der Waals surface area (Å²) in [6, 6.07) is 6.15. The van der Waals surface area contributed by atoms with Gasteiger partial charge in [-0.15, -0.1) is 5.10 Å². The summed E-state index contributed by atoms with van der Waals surface area (Å²) in [4.78, 5) is 25.3. The molecule has 4 rings (SSSR count). The lowest BCUT2D eigenvalue weighted by molar-refractivity contribution is -0.143. The Bertz CT molecular complexity index is 1180. The summed E-state index contributed by atoms with van der Waals surface area (Å²) in [6.07, 6.45) is -4.89. The summed E-state index contributed by atoms with van der Waals surface area (Å²) >= 11 is 0. The van der Waals surface area contributed by atoms with Crippen molar-refractivity contribution in [2.24, 2.45) is 0 Å². The Morgan fingerprint density at radius 2 is 1.68 bits per heavy atom. The maximum Gasteiger partial charge on any atom is 0.435 e. The summed E-state index contributed by atoms with van der Waals surface area (Å²) < 4.78 is 55.4. The highest BCUT2D eigenvalue weighted by molar-refractivity contribution is 5.93. The number of amides is 1. The van der Waals surface area contributed by atoms with E-state index in [0.717, 1.165) is 35.8 Å². The van der Waals surface area contributed by atoms with E-state index in [9.17, 15) is 22.4 Å². The van der Waals surface area contributed by atoms with Crippen LogP contribution < -0.4 is 4.90 Å². The number of anilines is 1. The summed E-state index contributed by atoms with van der Waals surface area (Å²) in [5.74, 6) is 0.112. The van der Waals surface area contributed by atoms with Gasteiger partial charge in [0.25, 0.3) is 5.91 Å². The molecule has 3 heterocycles. The van der Waals surface area contributed by atoms with Crippen molar-refractivity contribution in [3.8, 4) is 5.69 Å². The number of carbonyl (C=O) groups excluding carboxylic acids is 1. The molecule has 1 aromatic carbocycles. The number of aromatic nitrogens is 5. The van der Waals surface area contributed by atoms with Crippen molar-refractivity contribution in [2.75, 3.05) is 31.1 Å². The molecule has 180 valence electrons. The number of halogens is 4. The summed E-state index contributed by atoms with van der Waals surface area (Å²) in [7, 11) is 0. The van der Waals surface area contributed by atoms with Crippen LogP contribution in [0.2, 0.25) is 0 Å². The third-order valence-electron chi connectivity index (χ3n) is 5.48. The zero-order valence-corrected chi connectivity index (χ0v) is 18.8. The molecule has 0 saturated carbocycles. The van der Waals surface area contributed by atoms with Crippen LogP contribution in [0.1, 0.15) is 47.5 Å². The van der Waals surface area contributed by atoms with Crippen molar-refractivity contribution < 1.29 is 22.4 Å². The number of nitrogens with zero attached hydrogens (tertiary/aromatic N) is 7. The van der Waals surface area contributed by atoms with E-state index in [-0.39, 0.29) is 24.7 Å². The standard InChI is InChI=1S/C22H23F4N7O/c1-13(2)20-27-14(3)12-17(28-20)31-8-10-32(11-9-31)21(34)18-19(22(24,25)26)33(30-29-18)16-6-4-15(23)5-7-16/h4-7,12-13H,8-11H2,1-3H3. The van der Waals surface area contributed by atoms with Gasteiger partial charge in [0, 0.05) is 43.9 Å². The van der Waals surface area contributed by atoms with Crippen molar-refractivity contribution in [2.45, 2.75) is 32.9 Å². The molecule has 1 saturated heterocycles. The molecule has 12 heteroatoms. The van der Waals surface area contributed by atoms with E-state index in [2.05, 4.69) is 20.3 Å². The van der Waals surface area contributed by atoms with Crippen LogP contribution in [0.3, 0.4) is 0 Å². The van der Waals surface area contributed by atoms with Crippen LogP contribution in [0.25, 0.3) is 5.69 Å². The van der Waals surface area contributed by atoms with Crippen LogP contribution in [0.15, 0.2) is 30.3 Å². The molecule has 2 aromatic heterocycles. The Balaban J connectivity index is 1.55. The predicted molar refractivity (Wildman–Crippen MR) is 115 cm³/mol. The van der Waals surface area contributed by atoms with Crippen LogP contribution in [-0.2, 0) is 6.18 Å². The maximum atomic E-state index is 13.9. The average molecular weight is 477 g/mol. The number of benzene rings is 1. The van der Waals surface area contributed by atoms with Gasteiger partial charge in [-0.1, -0.05) is 19.1 Å². The number of alkyl halides is 3. The van der Waals surface area contributed by atoms with Gasteiger partial charge < -0.3 is 9.80 Å². The van der Waals surface area contributed by atoms with E-state index in [4.69, 9.17) is 0 Å². The van der Waals surface area contributed by atoms with Crippen molar-refractivity contribution in [1.82, 2.24) is 29.9 Å². The fourth-order valence-electron chi connectivity index (χ4n) is 3.73. The Morgan fingerprint density at radius 3 is 2.26 bits per heavy atom. The van der Waals surface area contributed by atoms with E-state index in [1.54, 1.807) is 0 Å². The molecule has 1 amide bonds. The third kappa shape index (κ3) is 4.70. The van der Waals surface area contributed by atoms with E-state index in [0.29, 0.717) is 23.6 Å². The van der Waals surface area contributed by atoms with Gasteiger partial charge in [0.1, 0.15) is 17.5 Å². The summed E-state index contributed by atoms with van der Waals surface area (Å²) in [5, 5.41) is 7.10. The van der Waals surface area contributed by atoms with Gasteiger partial charge in [-0.25, -0.2) is 19.0 Å². The highest BCUT2D eigenvalue weighted by atomic mass is 19.4. The Hall–Kier alpha value is -3.57. The molecule has 0 atom stereocenters. The Kier molecular flexibility index (Phi) is 6.24. The molecule has 0 unspecified atom stereocenters. The smallest absolute Gasteiger partial charge is 0.353 e. The number of carbonyl (C=O) groups is 1. The van der Waals surface area contributed by atoms with Crippen LogP contribution in [-0.4, -0.2) is 61.9 Å². The minimum atomic E-state index is -4.89. The lowest BCUT2D eigenvalue weighted by Crippen LogP contribution is -2.49. The molecule has 1 aliphatic heterocycles. The molecule has 0 spiro atoms. The molecule has 0 aliphatic carbocycles. The first-order valence-corrected chi connectivity index (χ1v) is 10.7. The molecule has 34 heavy (non-hydrogen) atoms. The molecule has 0 radical (unpaired) electrons. The van der Waals surface area contributed by atoms with Crippen molar-refractivity contribution in [1.29, 1.82) is 0 Å². The second-order valence-corrected chi connectivity index (χ2v) is 8.33. The Labute approximate surface area is 193 Å². The SMILES string of the molecule is Cc1cc(N2CCN(C(=O)c3nnn(-c4ccc(F)cc4)c3C(F)(F)F)CC2)nc(C(C)C)n1. The van der Waals surface area contributed by atoms with Crippen molar-refractivity contribution in [3.05, 3.63) is 59.1 Å². The highest BCUT2D eigenvalue weighted by Crippen LogP contribution is 2.33. The van der Waals surface area contributed by atoms with Crippen LogP contribution >= 0.6 is 0 Å². The number of hydrogen-bond donors (Lipinski definition) is 0. The van der Waals surface area contributed by atoms with Gasteiger partial charge in [-0.2, -0.15) is 13.2 Å². The quantitative estimate of drug-likeness (QED) is 0.535. The van der Waals surface area contributed by atoms with Crippen LogP contribution in [0.5, 0.6) is 0 Å². The summed E-state index contributed by atoms with van der Waals surface area (Å²) in [5.41, 5.74) is -1.31. The molecule has 0 bridgehead atoms. The molecular formula is C22H23F4N7O. The molecule has 0 N–H and O–H groups in total. The first-order chi connectivity index (χ1) is 16.0. The average Bonchev–Trinajstić information content (AvgIpc) is 3.24. The minimum Gasteiger partial charge on any atom is -0.353 e. The third-order valence-corrected chi connectivity index (χ3v) is 5.48. The lowest BCUT2D eigenvalue weighted by Gasteiger charge is -2.35. The largest absolute Gasteiger partial charge is 0.435 e. The number of aryl methyl sites for hydroxylation is 1. The topological polar surface area (TPSA) is 80.0 Å². The molecular weight excluding hydrogens is 454 g/mol. The first-order valence-electron chi connectivity index (χ1n) is 10.7. The Morgan fingerprint density at radius 1 is 1.03 bits per heavy atom. The molecule has 1 fully saturated rings. The zero-order chi connectivity index (χ0) is 24.6. The van der Waals surface area contributed by atoms with E-state index >= 15 is 0 Å². The predicted octanol–water partition coefficient (Wildman–Crippen LogP) is 3.61. The normalized spacial score (nSPS) is 14.7. The number of hydrogen-bond acceptors (Lipinski definition) is 6. The van der Waals surface area contributed by atoms with Gasteiger partial charge in [-0.05, 0) is 31.2 Å². The van der Waals surface area contributed by atoms with Crippen LogP contribution in [0, 0.1) is 12.7 Å².